The number of hydrogen-bond acceptors (Lipinski definition) is 3. The molecule has 16 heavy (non-hydrogen) atoms. The molecule has 1 unspecified atom stereocenters. The second-order valence-electron chi connectivity index (χ2n) is 3.76. The third-order valence-corrected chi connectivity index (χ3v) is 2.78. The normalized spacial score (nSPS) is 21.6. The summed E-state index contributed by atoms with van der Waals surface area (Å²) >= 11 is 0. The predicted octanol–water partition coefficient (Wildman–Crippen LogP) is 1.70. The molecular weight excluding hydrogens is 200 g/mol. The van der Waals surface area contributed by atoms with Crippen LogP contribution in [0.3, 0.4) is 0 Å². The van der Waals surface area contributed by atoms with Crippen molar-refractivity contribution >= 4 is 11.9 Å². The summed E-state index contributed by atoms with van der Waals surface area (Å²) in [5.41, 5.74) is 2.39. The first kappa shape index (κ1) is 9.09. The van der Waals surface area contributed by atoms with E-state index in [-0.39, 0.29) is 11.8 Å². The van der Waals surface area contributed by atoms with Crippen molar-refractivity contribution in [3.63, 3.8) is 0 Å². The molecule has 0 aromatic carbocycles. The Bertz CT molecular complexity index is 541. The third kappa shape index (κ3) is 1.29. The minimum Gasteiger partial charge on any atom is -0.377 e. The molecule has 3 nitrogen and oxygen atoms in total. The molecule has 0 saturated heterocycles. The number of nitrogens with zero attached hydrogens (tertiary/aromatic N) is 1. The van der Waals surface area contributed by atoms with Crippen LogP contribution in [0.2, 0.25) is 0 Å². The van der Waals surface area contributed by atoms with Gasteiger partial charge in [-0.3, -0.25) is 9.78 Å². The zero-order chi connectivity index (χ0) is 11.0. The Hall–Kier alpha value is -2.16. The minimum absolute atomic E-state index is 0.0729. The minimum atomic E-state index is -0.272. The van der Waals surface area contributed by atoms with Crippen LogP contribution in [0, 0.1) is 0 Å². The van der Waals surface area contributed by atoms with Crippen molar-refractivity contribution in [2.45, 2.75) is 6.04 Å². The first-order chi connectivity index (χ1) is 7.86. The van der Waals surface area contributed by atoms with E-state index in [9.17, 15) is 4.79 Å². The lowest BCUT2D eigenvalue weighted by atomic mass is 9.98. The van der Waals surface area contributed by atoms with Crippen molar-refractivity contribution in [3.8, 4) is 0 Å². The van der Waals surface area contributed by atoms with Gasteiger partial charge in [0.05, 0.1) is 5.69 Å². The van der Waals surface area contributed by atoms with Gasteiger partial charge in [0.2, 0.25) is 0 Å². The lowest BCUT2D eigenvalue weighted by Crippen LogP contribution is -2.35. The van der Waals surface area contributed by atoms with Crippen LogP contribution in [0.15, 0.2) is 48.3 Å². The van der Waals surface area contributed by atoms with Crippen LogP contribution in [0.4, 0.5) is 0 Å². The molecule has 1 aromatic rings. The highest BCUT2D eigenvalue weighted by Gasteiger charge is 2.26. The van der Waals surface area contributed by atoms with E-state index in [2.05, 4.69) is 10.3 Å². The van der Waals surface area contributed by atoms with Crippen LogP contribution >= 0.6 is 0 Å². The summed E-state index contributed by atoms with van der Waals surface area (Å²) in [7, 11) is 0. The largest absolute Gasteiger partial charge is 0.377 e. The summed E-state index contributed by atoms with van der Waals surface area (Å²) in [5.74, 6) is 0.0729. The second-order valence-corrected chi connectivity index (χ2v) is 3.76. The highest BCUT2D eigenvalue weighted by atomic mass is 16.1. The van der Waals surface area contributed by atoms with Gasteiger partial charge < -0.3 is 5.32 Å². The number of Topliss-reactive ketones (excluding diaryl/α,β-unsaturated/α-hetero) is 1. The van der Waals surface area contributed by atoms with E-state index in [1.165, 1.54) is 0 Å². The quantitative estimate of drug-likeness (QED) is 0.708. The first-order valence-electron chi connectivity index (χ1n) is 5.16. The summed E-state index contributed by atoms with van der Waals surface area (Å²) in [6.07, 6.45) is 11.2. The molecule has 1 aliphatic carbocycles. The molecule has 1 N–H and O–H groups in total. The molecule has 1 aliphatic heterocycles. The number of carbonyl (C=O) groups excluding carboxylic acids is 1. The van der Waals surface area contributed by atoms with Gasteiger partial charge in [0.15, 0.2) is 5.78 Å². The Kier molecular flexibility index (Phi) is 1.96. The van der Waals surface area contributed by atoms with Crippen molar-refractivity contribution in [1.82, 2.24) is 10.3 Å². The highest BCUT2D eigenvalue weighted by molar-refractivity contribution is 6.06. The van der Waals surface area contributed by atoms with E-state index in [0.29, 0.717) is 5.56 Å². The summed E-state index contributed by atoms with van der Waals surface area (Å²) < 4.78 is 0. The number of nitrogens with one attached hydrogen (secondary N) is 1. The Morgan fingerprint density at radius 1 is 1.31 bits per heavy atom. The molecule has 1 atom stereocenters. The molecule has 2 aliphatic rings. The van der Waals surface area contributed by atoms with E-state index in [1.807, 2.05) is 30.4 Å². The molecule has 3 rings (SSSR count). The summed E-state index contributed by atoms with van der Waals surface area (Å²) in [5, 5.41) is 3.07. The van der Waals surface area contributed by atoms with Gasteiger partial charge in [0.1, 0.15) is 6.04 Å². The number of ketones is 1. The van der Waals surface area contributed by atoms with E-state index < -0.39 is 0 Å². The summed E-state index contributed by atoms with van der Waals surface area (Å²) in [6.45, 7) is 0. The number of pyridine rings is 1. The maximum absolute atomic E-state index is 12.3. The molecule has 0 amide bonds. The fourth-order valence-electron chi connectivity index (χ4n) is 1.97. The standard InChI is InChI=1S/C13H10N2O/c16-13-10-4-2-7-14-11(10)6-5-9-3-1-8-15-12(9)13/h1-8,12,15H. The van der Waals surface area contributed by atoms with Crippen molar-refractivity contribution in [2.75, 3.05) is 0 Å². The molecule has 0 fully saturated rings. The van der Waals surface area contributed by atoms with Crippen LogP contribution in [0.25, 0.3) is 6.08 Å². The summed E-state index contributed by atoms with van der Waals surface area (Å²) in [6, 6.07) is 3.34. The van der Waals surface area contributed by atoms with Gasteiger partial charge in [-0.25, -0.2) is 0 Å². The third-order valence-electron chi connectivity index (χ3n) is 2.78. The van der Waals surface area contributed by atoms with Crippen LogP contribution in [-0.2, 0) is 0 Å². The molecule has 0 saturated carbocycles. The monoisotopic (exact) mass is 210 g/mol. The van der Waals surface area contributed by atoms with Crippen LogP contribution < -0.4 is 5.32 Å². The average Bonchev–Trinajstić information content (AvgIpc) is 2.49. The van der Waals surface area contributed by atoms with E-state index in [4.69, 9.17) is 0 Å². The van der Waals surface area contributed by atoms with Crippen molar-refractivity contribution < 1.29 is 4.79 Å². The number of hydrogen-bond donors (Lipinski definition) is 1. The SMILES string of the molecule is O=C1c2cccnc2C=CC2=CC=CNC12. The highest BCUT2D eigenvalue weighted by Crippen LogP contribution is 2.22. The van der Waals surface area contributed by atoms with Crippen molar-refractivity contribution in [3.05, 3.63) is 59.6 Å². The molecule has 0 spiro atoms. The average molecular weight is 210 g/mol. The fourth-order valence-corrected chi connectivity index (χ4v) is 1.97. The van der Waals surface area contributed by atoms with Gasteiger partial charge in [-0.1, -0.05) is 12.2 Å². The number of dihydropyridines is 1. The molecular formula is C13H10N2O. The van der Waals surface area contributed by atoms with Gasteiger partial charge >= 0.3 is 0 Å². The molecule has 0 radical (unpaired) electrons. The second kappa shape index (κ2) is 3.45. The van der Waals surface area contributed by atoms with Crippen LogP contribution in [0.1, 0.15) is 16.1 Å². The fraction of sp³-hybridized carbons (Fsp3) is 0.0769. The maximum Gasteiger partial charge on any atom is 0.191 e. The number of rotatable bonds is 0. The number of aromatic nitrogens is 1. The predicted molar refractivity (Wildman–Crippen MR) is 61.7 cm³/mol. The first-order valence-corrected chi connectivity index (χ1v) is 5.16. The van der Waals surface area contributed by atoms with Gasteiger partial charge in [0, 0.05) is 11.8 Å². The zero-order valence-corrected chi connectivity index (χ0v) is 8.55. The molecule has 0 bridgehead atoms. The number of allylic oxidation sites excluding steroid dienone is 2. The maximum atomic E-state index is 12.3. The Balaban J connectivity index is 2.16. The molecule has 3 heteroatoms. The van der Waals surface area contributed by atoms with Gasteiger partial charge in [-0.15, -0.1) is 0 Å². The Morgan fingerprint density at radius 3 is 3.19 bits per heavy atom. The molecule has 2 heterocycles. The van der Waals surface area contributed by atoms with Gasteiger partial charge in [-0.05, 0) is 36.1 Å². The lowest BCUT2D eigenvalue weighted by Gasteiger charge is -2.18. The van der Waals surface area contributed by atoms with E-state index in [1.54, 1.807) is 18.5 Å². The Morgan fingerprint density at radius 2 is 2.25 bits per heavy atom. The number of fused-ring (bicyclic) bond motifs is 2. The number of carbonyl (C=O) groups is 1. The van der Waals surface area contributed by atoms with E-state index in [0.717, 1.165) is 11.3 Å². The van der Waals surface area contributed by atoms with Crippen LogP contribution in [0.5, 0.6) is 0 Å². The topological polar surface area (TPSA) is 42.0 Å². The zero-order valence-electron chi connectivity index (χ0n) is 8.55. The van der Waals surface area contributed by atoms with Crippen molar-refractivity contribution in [1.29, 1.82) is 0 Å². The Labute approximate surface area is 93.2 Å². The summed E-state index contributed by atoms with van der Waals surface area (Å²) in [4.78, 5) is 16.5. The lowest BCUT2D eigenvalue weighted by molar-refractivity contribution is 0.0965. The van der Waals surface area contributed by atoms with Gasteiger partial charge in [-0.2, -0.15) is 0 Å². The smallest absolute Gasteiger partial charge is 0.191 e. The van der Waals surface area contributed by atoms with Gasteiger partial charge in [0.25, 0.3) is 0 Å². The molecule has 78 valence electrons. The van der Waals surface area contributed by atoms with E-state index >= 15 is 0 Å². The molecule has 1 aromatic heterocycles. The van der Waals surface area contributed by atoms with Crippen molar-refractivity contribution in [2.24, 2.45) is 0 Å². The van der Waals surface area contributed by atoms with Crippen LogP contribution in [-0.4, -0.2) is 16.8 Å².